The number of halogens is 1. The molecule has 2 N–H and O–H groups in total. The minimum absolute atomic E-state index is 0.0241. The zero-order valence-electron chi connectivity index (χ0n) is 5.21. The highest BCUT2D eigenvalue weighted by Crippen LogP contribution is 2.19. The molecule has 1 rings (SSSR count). The summed E-state index contributed by atoms with van der Waals surface area (Å²) in [6.45, 7) is 0.0241. The van der Waals surface area contributed by atoms with Crippen molar-refractivity contribution in [2.45, 2.75) is 6.61 Å². The summed E-state index contributed by atoms with van der Waals surface area (Å²) in [5.41, 5.74) is 0.821. The van der Waals surface area contributed by atoms with Gasteiger partial charge in [-0.15, -0.1) is 0 Å². The molecule has 0 bridgehead atoms. The summed E-state index contributed by atoms with van der Waals surface area (Å²) < 4.78 is 0.768. The molecule has 0 atom stereocenters. The lowest BCUT2D eigenvalue weighted by atomic mass is 10.2. The molecule has 0 unspecified atom stereocenters. The fourth-order valence-electron chi connectivity index (χ4n) is 0.649. The van der Waals surface area contributed by atoms with Gasteiger partial charge in [-0.1, -0.05) is 6.07 Å². The van der Waals surface area contributed by atoms with E-state index in [0.29, 0.717) is 0 Å². The number of aromatic hydroxyl groups is 1. The summed E-state index contributed by atoms with van der Waals surface area (Å²) in [6.07, 6.45) is 0. The second-order valence-corrected chi connectivity index (χ2v) is 3.11. The average molecular weight is 250 g/mol. The molecule has 0 amide bonds. The maximum Gasteiger partial charge on any atom is 0.128 e. The minimum Gasteiger partial charge on any atom is -0.507 e. The van der Waals surface area contributed by atoms with Gasteiger partial charge in [-0.05, 0) is 40.3 Å². The largest absolute Gasteiger partial charge is 0.507 e. The van der Waals surface area contributed by atoms with Crippen LogP contribution in [0.5, 0.6) is 5.75 Å². The van der Waals surface area contributed by atoms with Crippen molar-refractivity contribution in [2.75, 3.05) is 0 Å². The molecule has 3 heteroatoms. The smallest absolute Gasteiger partial charge is 0.128 e. The van der Waals surface area contributed by atoms with Gasteiger partial charge in [0.15, 0.2) is 0 Å². The van der Waals surface area contributed by atoms with E-state index >= 15 is 0 Å². The van der Waals surface area contributed by atoms with Crippen LogP contribution in [0.15, 0.2) is 18.2 Å². The molecular weight excluding hydrogens is 243 g/mol. The SMILES string of the molecule is OCc1ccc(O)c(I)c1. The number of hydrogen-bond donors (Lipinski definition) is 2. The Bertz CT molecular complexity index is 235. The molecule has 0 spiro atoms. The highest BCUT2D eigenvalue weighted by Gasteiger charge is 1.96. The van der Waals surface area contributed by atoms with Gasteiger partial charge in [-0.25, -0.2) is 0 Å². The van der Waals surface area contributed by atoms with Gasteiger partial charge in [0.05, 0.1) is 10.2 Å². The predicted molar refractivity (Wildman–Crippen MR) is 46.7 cm³/mol. The first-order valence-corrected chi connectivity index (χ1v) is 3.90. The monoisotopic (exact) mass is 250 g/mol. The van der Waals surface area contributed by atoms with E-state index in [2.05, 4.69) is 0 Å². The number of benzene rings is 1. The third-order valence-corrected chi connectivity index (χ3v) is 2.06. The van der Waals surface area contributed by atoms with E-state index < -0.39 is 0 Å². The van der Waals surface area contributed by atoms with Crippen molar-refractivity contribution in [3.8, 4) is 5.75 Å². The topological polar surface area (TPSA) is 40.5 Å². The molecule has 10 heavy (non-hydrogen) atoms. The lowest BCUT2D eigenvalue weighted by Gasteiger charge is -1.98. The minimum atomic E-state index is 0.0241. The summed E-state index contributed by atoms with van der Waals surface area (Å²) in [5, 5.41) is 17.7. The number of aliphatic hydroxyl groups is 1. The quantitative estimate of drug-likeness (QED) is 0.741. The molecule has 0 aliphatic carbocycles. The molecule has 0 radical (unpaired) electrons. The molecule has 0 saturated heterocycles. The Kier molecular flexibility index (Phi) is 2.50. The van der Waals surface area contributed by atoms with Gasteiger partial charge in [0.2, 0.25) is 0 Å². The molecule has 1 aromatic carbocycles. The lowest BCUT2D eigenvalue weighted by Crippen LogP contribution is -1.83. The highest BCUT2D eigenvalue weighted by atomic mass is 127. The number of aliphatic hydroxyl groups excluding tert-OH is 1. The van der Waals surface area contributed by atoms with Crippen LogP contribution < -0.4 is 0 Å². The van der Waals surface area contributed by atoms with Gasteiger partial charge in [-0.3, -0.25) is 0 Å². The van der Waals surface area contributed by atoms with Crippen molar-refractivity contribution in [1.29, 1.82) is 0 Å². The fraction of sp³-hybridized carbons (Fsp3) is 0.143. The van der Waals surface area contributed by atoms with Crippen LogP contribution in [-0.4, -0.2) is 10.2 Å². The maximum atomic E-state index is 9.05. The first kappa shape index (κ1) is 7.81. The maximum absolute atomic E-state index is 9.05. The molecular formula is C7H7IO2. The van der Waals surface area contributed by atoms with Crippen molar-refractivity contribution in [2.24, 2.45) is 0 Å². The standard InChI is InChI=1S/C7H7IO2/c8-6-3-5(4-9)1-2-7(6)10/h1-3,9-10H,4H2. The number of phenolic OH excluding ortho intramolecular Hbond substituents is 1. The van der Waals surface area contributed by atoms with Gasteiger partial charge in [0, 0.05) is 0 Å². The van der Waals surface area contributed by atoms with E-state index in [4.69, 9.17) is 10.2 Å². The second-order valence-electron chi connectivity index (χ2n) is 1.94. The molecule has 0 heterocycles. The van der Waals surface area contributed by atoms with Crippen LogP contribution in [0.2, 0.25) is 0 Å². The molecule has 0 aromatic heterocycles. The van der Waals surface area contributed by atoms with E-state index in [1.807, 2.05) is 22.6 Å². The molecule has 0 fully saturated rings. The van der Waals surface area contributed by atoms with Crippen LogP contribution in [0.1, 0.15) is 5.56 Å². The molecule has 0 saturated carbocycles. The third-order valence-electron chi connectivity index (χ3n) is 1.19. The normalized spacial score (nSPS) is 9.80. The Labute approximate surface area is 72.6 Å². The first-order valence-electron chi connectivity index (χ1n) is 2.82. The van der Waals surface area contributed by atoms with Crippen LogP contribution in [0.4, 0.5) is 0 Å². The highest BCUT2D eigenvalue weighted by molar-refractivity contribution is 14.1. The van der Waals surface area contributed by atoms with Crippen molar-refractivity contribution >= 4 is 22.6 Å². The van der Waals surface area contributed by atoms with Crippen molar-refractivity contribution in [3.05, 3.63) is 27.3 Å². The molecule has 54 valence electrons. The molecule has 1 aromatic rings. The fourth-order valence-corrected chi connectivity index (χ4v) is 1.23. The number of rotatable bonds is 1. The molecule has 2 nitrogen and oxygen atoms in total. The number of hydrogen-bond acceptors (Lipinski definition) is 2. The molecule has 0 aliphatic heterocycles. The van der Waals surface area contributed by atoms with E-state index in [9.17, 15) is 0 Å². The number of phenols is 1. The van der Waals surface area contributed by atoms with Crippen molar-refractivity contribution in [1.82, 2.24) is 0 Å². The van der Waals surface area contributed by atoms with E-state index in [1.54, 1.807) is 18.2 Å². The summed E-state index contributed by atoms with van der Waals surface area (Å²) in [7, 11) is 0. The van der Waals surface area contributed by atoms with Crippen LogP contribution in [0.25, 0.3) is 0 Å². The Balaban J connectivity index is 3.04. The van der Waals surface area contributed by atoms with Gasteiger partial charge in [0.1, 0.15) is 5.75 Å². The molecule has 0 aliphatic rings. The van der Waals surface area contributed by atoms with E-state index in [-0.39, 0.29) is 12.4 Å². The zero-order valence-corrected chi connectivity index (χ0v) is 7.37. The summed E-state index contributed by atoms with van der Waals surface area (Å²) in [5.74, 6) is 0.262. The predicted octanol–water partition coefficient (Wildman–Crippen LogP) is 1.49. The van der Waals surface area contributed by atoms with Gasteiger partial charge >= 0.3 is 0 Å². The van der Waals surface area contributed by atoms with Gasteiger partial charge < -0.3 is 10.2 Å². The third kappa shape index (κ3) is 1.60. The summed E-state index contributed by atoms with van der Waals surface area (Å²) >= 11 is 2.01. The summed E-state index contributed by atoms with van der Waals surface area (Å²) in [4.78, 5) is 0. The van der Waals surface area contributed by atoms with E-state index in [0.717, 1.165) is 9.13 Å². The van der Waals surface area contributed by atoms with E-state index in [1.165, 1.54) is 0 Å². The Morgan fingerprint density at radius 3 is 2.60 bits per heavy atom. The first-order chi connectivity index (χ1) is 4.74. The van der Waals surface area contributed by atoms with Crippen molar-refractivity contribution < 1.29 is 10.2 Å². The zero-order chi connectivity index (χ0) is 7.56. The summed E-state index contributed by atoms with van der Waals surface area (Å²) in [6, 6.07) is 5.01. The lowest BCUT2D eigenvalue weighted by molar-refractivity contribution is 0.281. The van der Waals surface area contributed by atoms with Crippen LogP contribution in [0, 0.1) is 3.57 Å². The van der Waals surface area contributed by atoms with Crippen LogP contribution in [0.3, 0.4) is 0 Å². The second kappa shape index (κ2) is 3.21. The average Bonchev–Trinajstić information content (AvgIpc) is 1.95. The van der Waals surface area contributed by atoms with Crippen molar-refractivity contribution in [3.63, 3.8) is 0 Å². The van der Waals surface area contributed by atoms with Crippen LogP contribution >= 0.6 is 22.6 Å². The Morgan fingerprint density at radius 2 is 2.10 bits per heavy atom. The Hall–Kier alpha value is -0.290. The van der Waals surface area contributed by atoms with Gasteiger partial charge in [0.25, 0.3) is 0 Å². The van der Waals surface area contributed by atoms with Crippen LogP contribution in [-0.2, 0) is 6.61 Å². The Morgan fingerprint density at radius 1 is 1.40 bits per heavy atom. The van der Waals surface area contributed by atoms with Gasteiger partial charge in [-0.2, -0.15) is 0 Å².